The summed E-state index contributed by atoms with van der Waals surface area (Å²) in [6, 6.07) is 3.56. The number of carbonyl (C=O) groups is 1. The summed E-state index contributed by atoms with van der Waals surface area (Å²) in [5.41, 5.74) is 1.47. The number of allylic oxidation sites excluding steroid dienone is 1. The number of rotatable bonds is 9. The number of unbranched alkanes of at least 4 members (excludes halogenated alkanes) is 1. The van der Waals surface area contributed by atoms with Crippen molar-refractivity contribution in [2.24, 2.45) is 5.92 Å². The summed E-state index contributed by atoms with van der Waals surface area (Å²) in [6.45, 7) is 1.57. The number of aliphatic carboxylic acids is 1. The van der Waals surface area contributed by atoms with Crippen LogP contribution in [0.25, 0.3) is 6.08 Å². The lowest BCUT2D eigenvalue weighted by Crippen LogP contribution is -2.08. The van der Waals surface area contributed by atoms with Crippen LogP contribution in [0.15, 0.2) is 18.2 Å². The molecule has 0 radical (unpaired) electrons. The van der Waals surface area contributed by atoms with E-state index in [0.717, 1.165) is 18.4 Å². The lowest BCUT2D eigenvalue weighted by molar-refractivity contribution is -0.141. The van der Waals surface area contributed by atoms with Crippen molar-refractivity contribution >= 4 is 12.0 Å². The van der Waals surface area contributed by atoms with Gasteiger partial charge in [0.05, 0.1) is 26.7 Å². The number of ether oxygens (including phenoxy) is 2. The van der Waals surface area contributed by atoms with Gasteiger partial charge in [0.15, 0.2) is 0 Å². The minimum atomic E-state index is -0.763. The van der Waals surface area contributed by atoms with Gasteiger partial charge in [-0.15, -0.1) is 0 Å². The summed E-state index contributed by atoms with van der Waals surface area (Å²) in [4.78, 5) is 10.7. The molecule has 0 aliphatic rings. The minimum absolute atomic E-state index is 0.143. The first-order chi connectivity index (χ1) is 10.5. The normalized spacial score (nSPS) is 12.4. The van der Waals surface area contributed by atoms with E-state index in [-0.39, 0.29) is 12.5 Å². The fraction of sp³-hybridized carbons (Fsp3) is 0.471. The van der Waals surface area contributed by atoms with Crippen molar-refractivity contribution in [3.8, 4) is 11.5 Å². The molecule has 1 unspecified atom stereocenters. The highest BCUT2D eigenvalue weighted by molar-refractivity contribution is 5.69. The second kappa shape index (κ2) is 9.10. The third-order valence-corrected chi connectivity index (χ3v) is 3.59. The highest BCUT2D eigenvalue weighted by atomic mass is 16.5. The van der Waals surface area contributed by atoms with E-state index in [1.807, 2.05) is 12.2 Å². The Morgan fingerprint density at radius 1 is 1.27 bits per heavy atom. The Hall–Kier alpha value is -2.01. The summed E-state index contributed by atoms with van der Waals surface area (Å²) < 4.78 is 10.6. The van der Waals surface area contributed by atoms with E-state index in [0.29, 0.717) is 23.5 Å². The molecule has 1 aromatic carbocycles. The Kier molecular flexibility index (Phi) is 7.46. The second-order valence-corrected chi connectivity index (χ2v) is 5.09. The Labute approximate surface area is 131 Å². The van der Waals surface area contributed by atoms with Crippen molar-refractivity contribution in [1.82, 2.24) is 0 Å². The summed E-state index contributed by atoms with van der Waals surface area (Å²) in [5, 5.41) is 18.4. The third-order valence-electron chi connectivity index (χ3n) is 3.59. The van der Waals surface area contributed by atoms with Crippen LogP contribution in [0.5, 0.6) is 11.5 Å². The van der Waals surface area contributed by atoms with Crippen molar-refractivity contribution in [1.29, 1.82) is 0 Å². The second-order valence-electron chi connectivity index (χ2n) is 5.09. The number of hydrogen-bond donors (Lipinski definition) is 2. The smallest absolute Gasteiger partial charge is 0.306 e. The maximum Gasteiger partial charge on any atom is 0.306 e. The van der Waals surface area contributed by atoms with Crippen LogP contribution in [-0.2, 0) is 11.4 Å². The van der Waals surface area contributed by atoms with E-state index in [1.54, 1.807) is 33.3 Å². The topological polar surface area (TPSA) is 76.0 Å². The van der Waals surface area contributed by atoms with Gasteiger partial charge < -0.3 is 19.7 Å². The highest BCUT2D eigenvalue weighted by Gasteiger charge is 2.12. The molecule has 0 saturated carbocycles. The predicted octanol–water partition coefficient (Wildman–Crippen LogP) is 3.10. The molecular weight excluding hydrogens is 284 g/mol. The Morgan fingerprint density at radius 2 is 1.91 bits per heavy atom. The van der Waals surface area contributed by atoms with Crippen molar-refractivity contribution in [3.05, 3.63) is 29.3 Å². The zero-order chi connectivity index (χ0) is 16.5. The van der Waals surface area contributed by atoms with E-state index in [1.165, 1.54) is 0 Å². The molecule has 2 N–H and O–H groups in total. The van der Waals surface area contributed by atoms with Gasteiger partial charge in [0.2, 0.25) is 0 Å². The van der Waals surface area contributed by atoms with Crippen LogP contribution >= 0.6 is 0 Å². The van der Waals surface area contributed by atoms with Crippen LogP contribution < -0.4 is 9.47 Å². The lowest BCUT2D eigenvalue weighted by atomic mass is 10.0. The van der Waals surface area contributed by atoms with E-state index >= 15 is 0 Å². The highest BCUT2D eigenvalue weighted by Crippen LogP contribution is 2.31. The molecule has 122 valence electrons. The van der Waals surface area contributed by atoms with Gasteiger partial charge in [-0.25, -0.2) is 0 Å². The van der Waals surface area contributed by atoms with E-state index in [9.17, 15) is 9.90 Å². The Bertz CT molecular complexity index is 522. The van der Waals surface area contributed by atoms with E-state index in [4.69, 9.17) is 14.6 Å². The number of benzene rings is 1. The minimum Gasteiger partial charge on any atom is -0.496 e. The monoisotopic (exact) mass is 308 g/mol. The molecule has 5 nitrogen and oxygen atoms in total. The Balaban J connectivity index is 2.78. The van der Waals surface area contributed by atoms with E-state index in [2.05, 4.69) is 0 Å². The summed E-state index contributed by atoms with van der Waals surface area (Å²) in [5.74, 6) is 0.191. The van der Waals surface area contributed by atoms with Crippen LogP contribution in [0.4, 0.5) is 0 Å². The maximum absolute atomic E-state index is 10.7. The van der Waals surface area contributed by atoms with Crippen molar-refractivity contribution in [3.63, 3.8) is 0 Å². The van der Waals surface area contributed by atoms with Crippen LogP contribution in [0, 0.1) is 5.92 Å². The van der Waals surface area contributed by atoms with Crippen molar-refractivity contribution in [2.75, 3.05) is 14.2 Å². The van der Waals surface area contributed by atoms with Crippen LogP contribution in [0.1, 0.15) is 37.3 Å². The molecule has 0 amide bonds. The zero-order valence-corrected chi connectivity index (χ0v) is 13.3. The van der Waals surface area contributed by atoms with Crippen LogP contribution in [0.3, 0.4) is 0 Å². The molecule has 1 rings (SSSR count). The average molecular weight is 308 g/mol. The number of carboxylic acids is 1. The standard InChI is InChI=1S/C17H24O5/c1-12(17(19)20)7-5-4-6-8-13-14(11-18)16(22-3)10-9-15(13)21-2/h6,8-10,12,18H,4-5,7,11H2,1-3H3,(H,19,20). The molecular formula is C17H24O5. The summed E-state index contributed by atoms with van der Waals surface area (Å²) >= 11 is 0. The number of carboxylic acid groups (broad SMARTS) is 1. The Morgan fingerprint density at radius 3 is 2.45 bits per heavy atom. The zero-order valence-electron chi connectivity index (χ0n) is 13.3. The fourth-order valence-corrected chi connectivity index (χ4v) is 2.20. The summed E-state index contributed by atoms with van der Waals surface area (Å²) in [6.07, 6.45) is 6.05. The molecule has 0 fully saturated rings. The average Bonchev–Trinajstić information content (AvgIpc) is 2.53. The van der Waals surface area contributed by atoms with Crippen LogP contribution in [-0.4, -0.2) is 30.4 Å². The quantitative estimate of drug-likeness (QED) is 0.686. The molecule has 0 aromatic heterocycles. The van der Waals surface area contributed by atoms with Gasteiger partial charge in [-0.1, -0.05) is 19.1 Å². The molecule has 1 atom stereocenters. The first-order valence-corrected chi connectivity index (χ1v) is 7.29. The lowest BCUT2D eigenvalue weighted by Gasteiger charge is -2.13. The van der Waals surface area contributed by atoms with Gasteiger partial charge in [0, 0.05) is 11.1 Å². The SMILES string of the molecule is COc1ccc(OC)c(CO)c1C=CCCCC(C)C(=O)O. The first kappa shape index (κ1) is 18.0. The van der Waals surface area contributed by atoms with Gasteiger partial charge >= 0.3 is 5.97 Å². The van der Waals surface area contributed by atoms with Gasteiger partial charge in [0.1, 0.15) is 11.5 Å². The number of hydrogen-bond acceptors (Lipinski definition) is 4. The molecule has 0 heterocycles. The molecule has 22 heavy (non-hydrogen) atoms. The molecule has 0 saturated heterocycles. The summed E-state index contributed by atoms with van der Waals surface area (Å²) in [7, 11) is 3.14. The molecule has 1 aromatic rings. The van der Waals surface area contributed by atoms with E-state index < -0.39 is 5.97 Å². The van der Waals surface area contributed by atoms with Crippen LogP contribution in [0.2, 0.25) is 0 Å². The van der Waals surface area contributed by atoms with Crippen molar-refractivity contribution < 1.29 is 24.5 Å². The third kappa shape index (κ3) is 4.77. The molecule has 0 bridgehead atoms. The fourth-order valence-electron chi connectivity index (χ4n) is 2.20. The van der Waals surface area contributed by atoms with Gasteiger partial charge in [-0.3, -0.25) is 4.79 Å². The van der Waals surface area contributed by atoms with Gasteiger partial charge in [-0.2, -0.15) is 0 Å². The molecule has 0 spiro atoms. The molecule has 0 aliphatic heterocycles. The predicted molar refractivity (Wildman–Crippen MR) is 85.2 cm³/mol. The van der Waals surface area contributed by atoms with Crippen molar-refractivity contribution in [2.45, 2.75) is 32.8 Å². The maximum atomic E-state index is 10.7. The number of methoxy groups -OCH3 is 2. The van der Waals surface area contributed by atoms with Gasteiger partial charge in [-0.05, 0) is 31.4 Å². The van der Waals surface area contributed by atoms with Gasteiger partial charge in [0.25, 0.3) is 0 Å². The number of aliphatic hydroxyl groups is 1. The molecule has 0 aliphatic carbocycles. The number of aliphatic hydroxyl groups excluding tert-OH is 1. The molecule has 5 heteroatoms. The largest absolute Gasteiger partial charge is 0.496 e. The first-order valence-electron chi connectivity index (χ1n) is 7.29.